The van der Waals surface area contributed by atoms with Crippen molar-refractivity contribution in [2.75, 3.05) is 37.6 Å². The van der Waals surface area contributed by atoms with E-state index in [0.717, 1.165) is 44.7 Å². The second kappa shape index (κ2) is 6.71. The molecular formula is C18H25N3O2. The summed E-state index contributed by atoms with van der Waals surface area (Å²) in [7, 11) is 0. The molecule has 124 valence electrons. The first-order valence-electron chi connectivity index (χ1n) is 8.47. The molecule has 5 heteroatoms. The van der Waals surface area contributed by atoms with Gasteiger partial charge in [0.1, 0.15) is 0 Å². The summed E-state index contributed by atoms with van der Waals surface area (Å²) in [6, 6.07) is 8.01. The number of amides is 2. The molecule has 0 bridgehead atoms. The van der Waals surface area contributed by atoms with Gasteiger partial charge in [-0.3, -0.25) is 14.5 Å². The Labute approximate surface area is 137 Å². The van der Waals surface area contributed by atoms with E-state index in [1.165, 1.54) is 5.56 Å². The van der Waals surface area contributed by atoms with Crippen LogP contribution in [0.15, 0.2) is 24.3 Å². The van der Waals surface area contributed by atoms with E-state index in [4.69, 9.17) is 0 Å². The SMILES string of the molecule is CC(=O)N1CCCN(C(C)C(=O)N2CCc3ccccc32)CC1. The van der Waals surface area contributed by atoms with Crippen molar-refractivity contribution in [2.45, 2.75) is 32.7 Å². The molecule has 1 aromatic rings. The van der Waals surface area contributed by atoms with Crippen molar-refractivity contribution in [3.63, 3.8) is 0 Å². The molecular weight excluding hydrogens is 290 g/mol. The van der Waals surface area contributed by atoms with Crippen molar-refractivity contribution in [3.05, 3.63) is 29.8 Å². The predicted molar refractivity (Wildman–Crippen MR) is 90.4 cm³/mol. The minimum absolute atomic E-state index is 0.124. The van der Waals surface area contributed by atoms with Crippen LogP contribution in [0, 0.1) is 0 Å². The molecule has 3 rings (SSSR count). The van der Waals surface area contributed by atoms with Gasteiger partial charge >= 0.3 is 0 Å². The van der Waals surface area contributed by atoms with E-state index in [9.17, 15) is 9.59 Å². The smallest absolute Gasteiger partial charge is 0.244 e. The van der Waals surface area contributed by atoms with Gasteiger partial charge in [-0.2, -0.15) is 0 Å². The molecule has 1 saturated heterocycles. The molecule has 0 spiro atoms. The minimum atomic E-state index is -0.145. The Hall–Kier alpha value is -1.88. The lowest BCUT2D eigenvalue weighted by molar-refractivity contribution is -0.128. The van der Waals surface area contributed by atoms with E-state index >= 15 is 0 Å². The maximum atomic E-state index is 12.9. The van der Waals surface area contributed by atoms with Crippen molar-refractivity contribution in [1.82, 2.24) is 9.80 Å². The number of para-hydroxylation sites is 1. The highest BCUT2D eigenvalue weighted by atomic mass is 16.2. The van der Waals surface area contributed by atoms with Gasteiger partial charge in [-0.25, -0.2) is 0 Å². The summed E-state index contributed by atoms with van der Waals surface area (Å²) in [5, 5.41) is 0. The molecule has 1 unspecified atom stereocenters. The number of fused-ring (bicyclic) bond motifs is 1. The van der Waals surface area contributed by atoms with Crippen molar-refractivity contribution < 1.29 is 9.59 Å². The molecule has 1 atom stereocenters. The standard InChI is InChI=1S/C18H25N3O2/c1-14(19-9-5-10-20(13-12-19)15(2)22)18(23)21-11-8-16-6-3-4-7-17(16)21/h3-4,6-7,14H,5,8-13H2,1-2H3. The third-order valence-corrected chi connectivity index (χ3v) is 5.03. The van der Waals surface area contributed by atoms with Crippen LogP contribution in [0.4, 0.5) is 5.69 Å². The molecule has 2 amide bonds. The van der Waals surface area contributed by atoms with Crippen LogP contribution >= 0.6 is 0 Å². The van der Waals surface area contributed by atoms with Gasteiger partial charge in [-0.05, 0) is 31.4 Å². The molecule has 0 aliphatic carbocycles. The summed E-state index contributed by atoms with van der Waals surface area (Å²) in [5.74, 6) is 0.297. The Morgan fingerprint density at radius 1 is 1.04 bits per heavy atom. The molecule has 23 heavy (non-hydrogen) atoms. The van der Waals surface area contributed by atoms with Crippen LogP contribution in [0.1, 0.15) is 25.8 Å². The summed E-state index contributed by atoms with van der Waals surface area (Å²) in [5.41, 5.74) is 2.32. The fourth-order valence-electron chi connectivity index (χ4n) is 3.59. The number of anilines is 1. The first-order chi connectivity index (χ1) is 11.1. The van der Waals surface area contributed by atoms with Crippen LogP contribution in [-0.2, 0) is 16.0 Å². The van der Waals surface area contributed by atoms with E-state index in [1.54, 1.807) is 6.92 Å². The van der Waals surface area contributed by atoms with Crippen LogP contribution in [0.5, 0.6) is 0 Å². The second-order valence-electron chi connectivity index (χ2n) is 6.44. The molecule has 2 aliphatic heterocycles. The molecule has 5 nitrogen and oxygen atoms in total. The summed E-state index contributed by atoms with van der Waals surface area (Å²) in [4.78, 5) is 30.5. The molecule has 1 aromatic carbocycles. The van der Waals surface area contributed by atoms with Crippen LogP contribution in [0.3, 0.4) is 0 Å². The Balaban J connectivity index is 1.67. The second-order valence-corrected chi connectivity index (χ2v) is 6.44. The lowest BCUT2D eigenvalue weighted by Crippen LogP contribution is -2.48. The minimum Gasteiger partial charge on any atom is -0.342 e. The van der Waals surface area contributed by atoms with E-state index in [0.29, 0.717) is 6.54 Å². The molecule has 0 radical (unpaired) electrons. The summed E-state index contributed by atoms with van der Waals surface area (Å²) in [6.07, 6.45) is 1.86. The maximum absolute atomic E-state index is 12.9. The zero-order valence-corrected chi connectivity index (χ0v) is 14.0. The zero-order valence-electron chi connectivity index (χ0n) is 14.0. The number of nitrogens with zero attached hydrogens (tertiary/aromatic N) is 3. The highest BCUT2D eigenvalue weighted by Gasteiger charge is 2.31. The number of benzene rings is 1. The highest BCUT2D eigenvalue weighted by Crippen LogP contribution is 2.28. The number of hydrogen-bond donors (Lipinski definition) is 0. The van der Waals surface area contributed by atoms with Gasteiger partial charge in [0.05, 0.1) is 6.04 Å². The Bertz CT molecular complexity index is 602. The highest BCUT2D eigenvalue weighted by molar-refractivity contribution is 5.98. The van der Waals surface area contributed by atoms with Gasteiger partial charge in [0.2, 0.25) is 11.8 Å². The molecule has 1 fully saturated rings. The topological polar surface area (TPSA) is 43.9 Å². The van der Waals surface area contributed by atoms with Crippen LogP contribution in [0.2, 0.25) is 0 Å². The average Bonchev–Trinajstić information content (AvgIpc) is 2.82. The van der Waals surface area contributed by atoms with E-state index in [1.807, 2.05) is 34.9 Å². The summed E-state index contributed by atoms with van der Waals surface area (Å²) < 4.78 is 0. The number of carbonyl (C=O) groups is 2. The number of rotatable bonds is 2. The quantitative estimate of drug-likeness (QED) is 0.831. The van der Waals surface area contributed by atoms with Gasteiger partial charge in [0.25, 0.3) is 0 Å². The molecule has 0 aromatic heterocycles. The van der Waals surface area contributed by atoms with E-state index in [-0.39, 0.29) is 17.9 Å². The summed E-state index contributed by atoms with van der Waals surface area (Å²) >= 11 is 0. The number of carbonyl (C=O) groups excluding carboxylic acids is 2. The van der Waals surface area contributed by atoms with Crippen molar-refractivity contribution in [3.8, 4) is 0 Å². The molecule has 2 aliphatic rings. The van der Waals surface area contributed by atoms with Crippen molar-refractivity contribution >= 4 is 17.5 Å². The zero-order chi connectivity index (χ0) is 16.4. The third-order valence-electron chi connectivity index (χ3n) is 5.03. The van der Waals surface area contributed by atoms with Crippen molar-refractivity contribution in [1.29, 1.82) is 0 Å². The lowest BCUT2D eigenvalue weighted by Gasteiger charge is -2.30. The normalized spacial score (nSPS) is 20.1. The monoisotopic (exact) mass is 315 g/mol. The average molecular weight is 315 g/mol. The molecule has 2 heterocycles. The first-order valence-corrected chi connectivity index (χ1v) is 8.47. The first kappa shape index (κ1) is 16.0. The Morgan fingerprint density at radius 2 is 1.83 bits per heavy atom. The summed E-state index contributed by atoms with van der Waals surface area (Å²) in [6.45, 7) is 7.52. The third kappa shape index (κ3) is 3.24. The van der Waals surface area contributed by atoms with Gasteiger partial charge in [-0.1, -0.05) is 18.2 Å². The van der Waals surface area contributed by atoms with Crippen LogP contribution in [0.25, 0.3) is 0 Å². The Kier molecular flexibility index (Phi) is 4.66. The van der Waals surface area contributed by atoms with Gasteiger partial charge in [-0.15, -0.1) is 0 Å². The van der Waals surface area contributed by atoms with Gasteiger partial charge in [0, 0.05) is 45.3 Å². The Morgan fingerprint density at radius 3 is 2.61 bits per heavy atom. The number of hydrogen-bond acceptors (Lipinski definition) is 3. The van der Waals surface area contributed by atoms with Gasteiger partial charge in [0.15, 0.2) is 0 Å². The fourth-order valence-corrected chi connectivity index (χ4v) is 3.59. The van der Waals surface area contributed by atoms with E-state index in [2.05, 4.69) is 11.0 Å². The van der Waals surface area contributed by atoms with E-state index < -0.39 is 0 Å². The predicted octanol–water partition coefficient (Wildman–Crippen LogP) is 1.52. The maximum Gasteiger partial charge on any atom is 0.244 e. The van der Waals surface area contributed by atoms with Crippen LogP contribution in [-0.4, -0.2) is 60.4 Å². The van der Waals surface area contributed by atoms with Crippen molar-refractivity contribution in [2.24, 2.45) is 0 Å². The fraction of sp³-hybridized carbons (Fsp3) is 0.556. The van der Waals surface area contributed by atoms with Crippen LogP contribution < -0.4 is 4.90 Å². The van der Waals surface area contributed by atoms with Gasteiger partial charge < -0.3 is 9.80 Å². The lowest BCUT2D eigenvalue weighted by atomic mass is 10.1. The molecule has 0 N–H and O–H groups in total. The molecule has 0 saturated carbocycles. The largest absolute Gasteiger partial charge is 0.342 e.